The zero-order chi connectivity index (χ0) is 9.68. The van der Waals surface area contributed by atoms with Gasteiger partial charge in [-0.15, -0.1) is 0 Å². The molecule has 0 heterocycles. The Bertz CT molecular complexity index is 300. The summed E-state index contributed by atoms with van der Waals surface area (Å²) in [6.45, 7) is -0.134. The van der Waals surface area contributed by atoms with Crippen molar-refractivity contribution in [1.29, 1.82) is 0 Å². The summed E-state index contributed by atoms with van der Waals surface area (Å²) in [4.78, 5) is 20.2. The van der Waals surface area contributed by atoms with Gasteiger partial charge in [0.05, 0.1) is 0 Å². The summed E-state index contributed by atoms with van der Waals surface area (Å²) in [7, 11) is 0. The molecule has 0 aromatic heterocycles. The summed E-state index contributed by atoms with van der Waals surface area (Å²) in [5.41, 5.74) is 0.652. The molecule has 0 bridgehead atoms. The van der Waals surface area contributed by atoms with Crippen LogP contribution in [0.4, 0.5) is 0 Å². The van der Waals surface area contributed by atoms with Gasteiger partial charge >= 0.3 is 0 Å². The lowest BCUT2D eigenvalue weighted by Crippen LogP contribution is -1.97. The Balaban J connectivity index is 2.84. The van der Waals surface area contributed by atoms with E-state index in [9.17, 15) is 9.81 Å². The summed E-state index contributed by atoms with van der Waals surface area (Å²) < 4.78 is 0. The fourth-order valence-electron chi connectivity index (χ4n) is 0.955. The van der Waals surface area contributed by atoms with Crippen molar-refractivity contribution in [2.45, 2.75) is 6.04 Å². The SMILES string of the molecule is O=NCC(N=O)c1ccc(Cl)cc1. The molecule has 0 aliphatic rings. The molecule has 1 aromatic carbocycles. The first kappa shape index (κ1) is 9.80. The second-order valence-electron chi connectivity index (χ2n) is 2.48. The molecular formula is C8H7ClN2O2. The van der Waals surface area contributed by atoms with Crippen molar-refractivity contribution >= 4 is 11.6 Å². The fraction of sp³-hybridized carbons (Fsp3) is 0.250. The van der Waals surface area contributed by atoms with Crippen LogP contribution >= 0.6 is 11.6 Å². The normalized spacial score (nSPS) is 12.1. The van der Waals surface area contributed by atoms with Gasteiger partial charge in [0.1, 0.15) is 12.6 Å². The number of nitrogens with zero attached hydrogens (tertiary/aromatic N) is 2. The highest BCUT2D eigenvalue weighted by Gasteiger charge is 2.11. The number of rotatable bonds is 4. The van der Waals surface area contributed by atoms with Gasteiger partial charge < -0.3 is 0 Å². The standard InChI is InChI=1S/C8H7ClN2O2/c9-7-3-1-6(2-4-7)8(11-13)5-10-12/h1-4,8H,5H2. The van der Waals surface area contributed by atoms with Gasteiger partial charge in [-0.1, -0.05) is 34.1 Å². The highest BCUT2D eigenvalue weighted by Crippen LogP contribution is 2.19. The molecule has 0 aliphatic carbocycles. The molecule has 5 heteroatoms. The van der Waals surface area contributed by atoms with Crippen molar-refractivity contribution < 1.29 is 0 Å². The van der Waals surface area contributed by atoms with Gasteiger partial charge in [0.2, 0.25) is 0 Å². The van der Waals surface area contributed by atoms with Crippen LogP contribution in [0.3, 0.4) is 0 Å². The summed E-state index contributed by atoms with van der Waals surface area (Å²) in [6, 6.07) is 5.88. The van der Waals surface area contributed by atoms with Gasteiger partial charge in [-0.25, -0.2) is 0 Å². The summed E-state index contributed by atoms with van der Waals surface area (Å²) in [6.07, 6.45) is 0. The van der Waals surface area contributed by atoms with Crippen molar-refractivity contribution in [2.24, 2.45) is 10.4 Å². The third-order valence-electron chi connectivity index (χ3n) is 1.63. The lowest BCUT2D eigenvalue weighted by Gasteiger charge is -2.03. The Kier molecular flexibility index (Phi) is 3.52. The Labute approximate surface area is 79.9 Å². The van der Waals surface area contributed by atoms with Crippen LogP contribution in [0.25, 0.3) is 0 Å². The quantitative estimate of drug-likeness (QED) is 0.699. The van der Waals surface area contributed by atoms with Gasteiger partial charge in [-0.05, 0) is 17.7 Å². The van der Waals surface area contributed by atoms with E-state index < -0.39 is 6.04 Å². The second-order valence-corrected chi connectivity index (χ2v) is 2.92. The molecule has 1 atom stereocenters. The molecular weight excluding hydrogens is 192 g/mol. The minimum Gasteiger partial charge on any atom is -0.151 e. The molecule has 0 aliphatic heterocycles. The van der Waals surface area contributed by atoms with E-state index in [1.54, 1.807) is 24.3 Å². The molecule has 0 radical (unpaired) electrons. The van der Waals surface area contributed by atoms with Crippen molar-refractivity contribution in [3.63, 3.8) is 0 Å². The van der Waals surface area contributed by atoms with E-state index >= 15 is 0 Å². The topological polar surface area (TPSA) is 58.9 Å². The minimum absolute atomic E-state index is 0.134. The molecule has 0 fully saturated rings. The molecule has 1 unspecified atom stereocenters. The molecule has 1 aromatic rings. The average Bonchev–Trinajstić information content (AvgIpc) is 2.16. The molecule has 0 N–H and O–H groups in total. The van der Waals surface area contributed by atoms with E-state index in [0.717, 1.165) is 0 Å². The maximum absolute atomic E-state index is 10.3. The van der Waals surface area contributed by atoms with Gasteiger partial charge in [0.25, 0.3) is 0 Å². The van der Waals surface area contributed by atoms with Crippen molar-refractivity contribution in [3.05, 3.63) is 44.7 Å². The predicted octanol–water partition coefficient (Wildman–Crippen LogP) is 2.91. The fourth-order valence-corrected chi connectivity index (χ4v) is 1.08. The smallest absolute Gasteiger partial charge is 0.140 e. The molecule has 4 nitrogen and oxygen atoms in total. The molecule has 0 saturated carbocycles. The number of hydrogen-bond donors (Lipinski definition) is 0. The monoisotopic (exact) mass is 198 g/mol. The van der Waals surface area contributed by atoms with E-state index in [2.05, 4.69) is 10.4 Å². The van der Waals surface area contributed by atoms with Crippen LogP contribution in [0.1, 0.15) is 11.6 Å². The number of hydrogen-bond acceptors (Lipinski definition) is 4. The molecule has 68 valence electrons. The van der Waals surface area contributed by atoms with Gasteiger partial charge in [-0.3, -0.25) is 0 Å². The van der Waals surface area contributed by atoms with Crippen LogP contribution in [0, 0.1) is 9.81 Å². The zero-order valence-electron chi connectivity index (χ0n) is 6.68. The Hall–Kier alpha value is -1.29. The van der Waals surface area contributed by atoms with Crippen LogP contribution in [0.2, 0.25) is 5.02 Å². The highest BCUT2D eigenvalue weighted by molar-refractivity contribution is 6.30. The van der Waals surface area contributed by atoms with Crippen LogP contribution in [0.15, 0.2) is 34.6 Å². The minimum atomic E-state index is -0.699. The predicted molar refractivity (Wildman–Crippen MR) is 50.7 cm³/mol. The van der Waals surface area contributed by atoms with Crippen LogP contribution in [-0.4, -0.2) is 6.54 Å². The van der Waals surface area contributed by atoms with Crippen LogP contribution in [0.5, 0.6) is 0 Å². The van der Waals surface area contributed by atoms with Crippen molar-refractivity contribution in [3.8, 4) is 0 Å². The van der Waals surface area contributed by atoms with Gasteiger partial charge in [0, 0.05) is 5.02 Å². The second kappa shape index (κ2) is 4.67. The third-order valence-corrected chi connectivity index (χ3v) is 1.88. The zero-order valence-corrected chi connectivity index (χ0v) is 7.44. The third kappa shape index (κ3) is 2.59. The van der Waals surface area contributed by atoms with Crippen LogP contribution < -0.4 is 0 Å². The van der Waals surface area contributed by atoms with E-state index in [1.165, 1.54) is 0 Å². The van der Waals surface area contributed by atoms with E-state index in [4.69, 9.17) is 11.6 Å². The summed E-state index contributed by atoms with van der Waals surface area (Å²) in [5, 5.41) is 6.00. The molecule has 0 amide bonds. The Morgan fingerprint density at radius 1 is 1.23 bits per heavy atom. The van der Waals surface area contributed by atoms with Crippen LogP contribution in [-0.2, 0) is 0 Å². The maximum atomic E-state index is 10.3. The van der Waals surface area contributed by atoms with Gasteiger partial charge in [-0.2, -0.15) is 9.81 Å². The van der Waals surface area contributed by atoms with E-state index in [-0.39, 0.29) is 6.54 Å². The molecule has 0 spiro atoms. The van der Waals surface area contributed by atoms with E-state index in [0.29, 0.717) is 10.6 Å². The Morgan fingerprint density at radius 2 is 1.85 bits per heavy atom. The van der Waals surface area contributed by atoms with E-state index in [1.807, 2.05) is 0 Å². The Morgan fingerprint density at radius 3 is 2.31 bits per heavy atom. The molecule has 13 heavy (non-hydrogen) atoms. The largest absolute Gasteiger partial charge is 0.151 e. The average molecular weight is 199 g/mol. The maximum Gasteiger partial charge on any atom is 0.140 e. The number of halogens is 1. The van der Waals surface area contributed by atoms with Gasteiger partial charge in [0.15, 0.2) is 0 Å². The van der Waals surface area contributed by atoms with Crippen molar-refractivity contribution in [1.82, 2.24) is 0 Å². The first-order valence-corrected chi connectivity index (χ1v) is 4.02. The highest BCUT2D eigenvalue weighted by atomic mass is 35.5. The number of benzene rings is 1. The lowest BCUT2D eigenvalue weighted by molar-refractivity contribution is 0.731. The summed E-state index contributed by atoms with van der Waals surface area (Å²) >= 11 is 5.64. The first-order chi connectivity index (χ1) is 6.27. The lowest BCUT2D eigenvalue weighted by atomic mass is 10.1. The van der Waals surface area contributed by atoms with Crippen molar-refractivity contribution in [2.75, 3.05) is 6.54 Å². The molecule has 0 saturated heterocycles. The molecule has 1 rings (SSSR count). The summed E-state index contributed by atoms with van der Waals surface area (Å²) in [5.74, 6) is 0. The number of nitroso groups, excluding NO2 is 2. The first-order valence-electron chi connectivity index (χ1n) is 3.65.